The van der Waals surface area contributed by atoms with Gasteiger partial charge in [-0.15, -0.1) is 0 Å². The van der Waals surface area contributed by atoms with E-state index in [0.29, 0.717) is 5.92 Å². The van der Waals surface area contributed by atoms with Gasteiger partial charge in [-0.25, -0.2) is 0 Å². The fourth-order valence-electron chi connectivity index (χ4n) is 3.13. The van der Waals surface area contributed by atoms with Crippen molar-refractivity contribution < 1.29 is 0 Å². The van der Waals surface area contributed by atoms with Gasteiger partial charge in [0.05, 0.1) is 0 Å². The third-order valence-corrected chi connectivity index (χ3v) is 4.22. The van der Waals surface area contributed by atoms with Crippen molar-refractivity contribution in [3.05, 3.63) is 58.9 Å². The standard InChI is InChI=1S/C19H26N2/c1-15(2)11-20-12-17-8-9-21(14-17)13-16-6-7-18-4-3-5-19(18)10-16/h6-10,14-15,20H,3-5,11-13H2,1-2H3. The Balaban J connectivity index is 1.59. The quantitative estimate of drug-likeness (QED) is 0.853. The number of aromatic nitrogens is 1. The molecule has 2 nitrogen and oxygen atoms in total. The van der Waals surface area contributed by atoms with Crippen molar-refractivity contribution in [1.82, 2.24) is 9.88 Å². The molecule has 1 N–H and O–H groups in total. The number of benzene rings is 1. The minimum absolute atomic E-state index is 0.707. The summed E-state index contributed by atoms with van der Waals surface area (Å²) >= 11 is 0. The van der Waals surface area contributed by atoms with Crippen molar-refractivity contribution in [2.24, 2.45) is 5.92 Å². The second-order valence-corrected chi connectivity index (χ2v) is 6.67. The average molecular weight is 282 g/mol. The Morgan fingerprint density at radius 2 is 1.95 bits per heavy atom. The molecule has 21 heavy (non-hydrogen) atoms. The van der Waals surface area contributed by atoms with E-state index in [-0.39, 0.29) is 0 Å². The van der Waals surface area contributed by atoms with Crippen LogP contribution in [0.5, 0.6) is 0 Å². The molecular weight excluding hydrogens is 256 g/mol. The van der Waals surface area contributed by atoms with Crippen LogP contribution in [0, 0.1) is 5.92 Å². The molecule has 0 spiro atoms. The Morgan fingerprint density at radius 3 is 2.81 bits per heavy atom. The zero-order valence-electron chi connectivity index (χ0n) is 13.2. The fourth-order valence-corrected chi connectivity index (χ4v) is 3.13. The van der Waals surface area contributed by atoms with Crippen molar-refractivity contribution in [3.8, 4) is 0 Å². The summed E-state index contributed by atoms with van der Waals surface area (Å²) in [5, 5.41) is 3.50. The van der Waals surface area contributed by atoms with Crippen LogP contribution in [0.25, 0.3) is 0 Å². The summed E-state index contributed by atoms with van der Waals surface area (Å²) in [5.74, 6) is 0.707. The lowest BCUT2D eigenvalue weighted by atomic mass is 10.1. The van der Waals surface area contributed by atoms with E-state index in [1.165, 1.54) is 30.4 Å². The molecule has 1 aliphatic rings. The minimum Gasteiger partial charge on any atom is -0.350 e. The SMILES string of the molecule is CC(C)CNCc1ccn(Cc2ccc3c(c2)CCC3)c1. The maximum Gasteiger partial charge on any atom is 0.0470 e. The van der Waals surface area contributed by atoms with Crippen LogP contribution in [0.15, 0.2) is 36.7 Å². The van der Waals surface area contributed by atoms with E-state index in [2.05, 4.69) is 60.4 Å². The molecule has 0 saturated carbocycles. The Bertz CT molecular complexity index is 595. The molecule has 2 aromatic rings. The first-order valence-corrected chi connectivity index (χ1v) is 8.17. The smallest absolute Gasteiger partial charge is 0.0470 e. The average Bonchev–Trinajstić information content (AvgIpc) is 3.07. The first kappa shape index (κ1) is 14.4. The fraction of sp³-hybridized carbons (Fsp3) is 0.474. The predicted molar refractivity (Wildman–Crippen MR) is 88.5 cm³/mol. The van der Waals surface area contributed by atoms with Crippen molar-refractivity contribution in [2.75, 3.05) is 6.54 Å². The van der Waals surface area contributed by atoms with Gasteiger partial charge in [-0.2, -0.15) is 0 Å². The first-order valence-electron chi connectivity index (χ1n) is 8.17. The third-order valence-electron chi connectivity index (χ3n) is 4.22. The van der Waals surface area contributed by atoms with Gasteiger partial charge < -0.3 is 9.88 Å². The molecular formula is C19H26N2. The Morgan fingerprint density at radius 1 is 1.10 bits per heavy atom. The zero-order valence-corrected chi connectivity index (χ0v) is 13.2. The third kappa shape index (κ3) is 3.76. The summed E-state index contributed by atoms with van der Waals surface area (Å²) in [7, 11) is 0. The van der Waals surface area contributed by atoms with Crippen LogP contribution in [0.4, 0.5) is 0 Å². The monoisotopic (exact) mass is 282 g/mol. The summed E-state index contributed by atoms with van der Waals surface area (Å²) in [5.41, 5.74) is 5.92. The van der Waals surface area contributed by atoms with Crippen LogP contribution < -0.4 is 5.32 Å². The van der Waals surface area contributed by atoms with Crippen molar-refractivity contribution >= 4 is 0 Å². The van der Waals surface area contributed by atoms with Gasteiger partial charge in [-0.05, 0) is 60.0 Å². The molecule has 3 rings (SSSR count). The van der Waals surface area contributed by atoms with Gasteiger partial charge >= 0.3 is 0 Å². The normalized spacial score (nSPS) is 13.9. The molecule has 1 aliphatic carbocycles. The first-order chi connectivity index (χ1) is 10.2. The van der Waals surface area contributed by atoms with E-state index in [4.69, 9.17) is 0 Å². The minimum atomic E-state index is 0.707. The zero-order chi connectivity index (χ0) is 14.7. The molecule has 0 unspecified atom stereocenters. The van der Waals surface area contributed by atoms with Gasteiger partial charge in [0.2, 0.25) is 0 Å². The van der Waals surface area contributed by atoms with Crippen molar-refractivity contribution in [2.45, 2.75) is 46.2 Å². The van der Waals surface area contributed by atoms with Gasteiger partial charge in [0, 0.05) is 25.5 Å². The molecule has 0 saturated heterocycles. The molecule has 112 valence electrons. The molecule has 1 aromatic carbocycles. The lowest BCUT2D eigenvalue weighted by molar-refractivity contribution is 0.552. The summed E-state index contributed by atoms with van der Waals surface area (Å²) in [6.07, 6.45) is 8.32. The number of nitrogens with one attached hydrogen (secondary N) is 1. The van der Waals surface area contributed by atoms with Crippen LogP contribution in [-0.2, 0) is 25.9 Å². The van der Waals surface area contributed by atoms with Crippen LogP contribution in [-0.4, -0.2) is 11.1 Å². The lowest BCUT2D eigenvalue weighted by Gasteiger charge is -2.07. The summed E-state index contributed by atoms with van der Waals surface area (Å²) in [4.78, 5) is 0. The molecule has 0 aliphatic heterocycles. The van der Waals surface area contributed by atoms with E-state index < -0.39 is 0 Å². The van der Waals surface area contributed by atoms with E-state index in [9.17, 15) is 0 Å². The molecule has 0 fully saturated rings. The van der Waals surface area contributed by atoms with Gasteiger partial charge in [-0.1, -0.05) is 32.0 Å². The molecule has 2 heteroatoms. The van der Waals surface area contributed by atoms with E-state index in [1.54, 1.807) is 11.1 Å². The molecule has 1 heterocycles. The number of fused-ring (bicyclic) bond motifs is 1. The topological polar surface area (TPSA) is 17.0 Å². The van der Waals surface area contributed by atoms with Crippen LogP contribution in [0.2, 0.25) is 0 Å². The Hall–Kier alpha value is -1.54. The van der Waals surface area contributed by atoms with Crippen LogP contribution >= 0.6 is 0 Å². The predicted octanol–water partition coefficient (Wildman–Crippen LogP) is 3.77. The number of nitrogens with zero attached hydrogens (tertiary/aromatic N) is 1. The molecule has 0 bridgehead atoms. The molecule has 0 radical (unpaired) electrons. The number of rotatable bonds is 6. The Kier molecular flexibility index (Phi) is 4.45. The lowest BCUT2D eigenvalue weighted by Crippen LogP contribution is -2.18. The highest BCUT2D eigenvalue weighted by molar-refractivity contribution is 5.35. The highest BCUT2D eigenvalue weighted by Crippen LogP contribution is 2.23. The largest absolute Gasteiger partial charge is 0.350 e. The van der Waals surface area contributed by atoms with Crippen LogP contribution in [0.3, 0.4) is 0 Å². The molecule has 1 aromatic heterocycles. The number of aryl methyl sites for hydroxylation is 2. The van der Waals surface area contributed by atoms with Crippen molar-refractivity contribution in [1.29, 1.82) is 0 Å². The Labute approximate surface area is 128 Å². The molecule has 0 amide bonds. The number of hydrogen-bond donors (Lipinski definition) is 1. The second kappa shape index (κ2) is 6.48. The van der Waals surface area contributed by atoms with Crippen molar-refractivity contribution in [3.63, 3.8) is 0 Å². The summed E-state index contributed by atoms with van der Waals surface area (Å²) in [6, 6.07) is 9.24. The maximum atomic E-state index is 3.50. The second-order valence-electron chi connectivity index (χ2n) is 6.67. The van der Waals surface area contributed by atoms with E-state index in [0.717, 1.165) is 19.6 Å². The van der Waals surface area contributed by atoms with Gasteiger partial charge in [0.1, 0.15) is 0 Å². The maximum absolute atomic E-state index is 3.50. The number of hydrogen-bond acceptors (Lipinski definition) is 1. The summed E-state index contributed by atoms with van der Waals surface area (Å²) < 4.78 is 2.29. The summed E-state index contributed by atoms with van der Waals surface area (Å²) in [6.45, 7) is 7.51. The van der Waals surface area contributed by atoms with E-state index >= 15 is 0 Å². The van der Waals surface area contributed by atoms with Gasteiger partial charge in [0.15, 0.2) is 0 Å². The van der Waals surface area contributed by atoms with Gasteiger partial charge in [0.25, 0.3) is 0 Å². The molecule has 0 atom stereocenters. The highest BCUT2D eigenvalue weighted by atomic mass is 14.9. The van der Waals surface area contributed by atoms with Gasteiger partial charge in [-0.3, -0.25) is 0 Å². The van der Waals surface area contributed by atoms with Crippen LogP contribution in [0.1, 0.15) is 42.5 Å². The van der Waals surface area contributed by atoms with E-state index in [1.807, 2.05) is 0 Å². The highest BCUT2D eigenvalue weighted by Gasteiger charge is 2.10.